The summed E-state index contributed by atoms with van der Waals surface area (Å²) >= 11 is 0. The van der Waals surface area contributed by atoms with E-state index >= 15 is 0 Å². The van der Waals surface area contributed by atoms with Crippen molar-refractivity contribution in [3.8, 4) is 5.75 Å². The van der Waals surface area contributed by atoms with Crippen LogP contribution in [-0.4, -0.2) is 58.1 Å². The summed E-state index contributed by atoms with van der Waals surface area (Å²) < 4.78 is 27.5. The normalized spacial score (nSPS) is 11.1. The highest BCUT2D eigenvalue weighted by Gasteiger charge is 2.16. The molecule has 0 unspecified atom stereocenters. The van der Waals surface area contributed by atoms with E-state index in [4.69, 9.17) is 4.74 Å². The maximum Gasteiger partial charge on any atom is 0.204 e. The highest BCUT2D eigenvalue weighted by molar-refractivity contribution is 7.90. The Labute approximate surface area is 107 Å². The van der Waals surface area contributed by atoms with Crippen molar-refractivity contribution in [2.24, 2.45) is 0 Å². The van der Waals surface area contributed by atoms with Gasteiger partial charge in [0.05, 0.1) is 12.9 Å². The molecule has 102 valence electrons. The van der Waals surface area contributed by atoms with Gasteiger partial charge in [-0.3, -0.25) is 0 Å². The molecule has 0 spiro atoms. The summed E-state index contributed by atoms with van der Waals surface area (Å²) in [7, 11) is 2.00. The van der Waals surface area contributed by atoms with Gasteiger partial charge in [0.25, 0.3) is 0 Å². The lowest BCUT2D eigenvalue weighted by Gasteiger charge is -2.20. The fourth-order valence-electron chi connectivity index (χ4n) is 1.41. The number of rotatable bonds is 6. The molecule has 0 aliphatic carbocycles. The Bertz CT molecular complexity index is 504. The van der Waals surface area contributed by atoms with Gasteiger partial charge in [-0.25, -0.2) is 18.4 Å². The molecule has 1 aromatic rings. The number of hydrogen-bond donors (Lipinski definition) is 1. The zero-order valence-electron chi connectivity index (χ0n) is 11.0. The van der Waals surface area contributed by atoms with Crippen LogP contribution in [0, 0.1) is 0 Å². The van der Waals surface area contributed by atoms with Gasteiger partial charge in [-0.1, -0.05) is 0 Å². The van der Waals surface area contributed by atoms with Crippen molar-refractivity contribution in [2.45, 2.75) is 0 Å². The molecule has 0 saturated heterocycles. The molecule has 8 heteroatoms. The fraction of sp³-hybridized carbons (Fsp3) is 0.600. The first kappa shape index (κ1) is 14.5. The average molecular weight is 274 g/mol. The number of nitrogens with one attached hydrogen (secondary N) is 1. The third-order valence-electron chi connectivity index (χ3n) is 2.39. The first-order valence-corrected chi connectivity index (χ1v) is 7.40. The largest absolute Gasteiger partial charge is 0.490 e. The van der Waals surface area contributed by atoms with Crippen LogP contribution in [0.25, 0.3) is 0 Å². The quantitative estimate of drug-likeness (QED) is 0.782. The number of anilines is 2. The smallest absolute Gasteiger partial charge is 0.204 e. The molecule has 18 heavy (non-hydrogen) atoms. The second kappa shape index (κ2) is 5.85. The van der Waals surface area contributed by atoms with E-state index in [9.17, 15) is 8.42 Å². The third kappa shape index (κ3) is 3.73. The SMILES string of the molecule is CNc1ncnc(N(C)CCS(C)(=O)=O)c1OC. The van der Waals surface area contributed by atoms with E-state index < -0.39 is 9.84 Å². The zero-order valence-corrected chi connectivity index (χ0v) is 11.8. The van der Waals surface area contributed by atoms with Crippen molar-refractivity contribution in [2.75, 3.05) is 50.0 Å². The first-order valence-electron chi connectivity index (χ1n) is 5.34. The van der Waals surface area contributed by atoms with Gasteiger partial charge < -0.3 is 15.0 Å². The molecule has 1 aromatic heterocycles. The Morgan fingerprint density at radius 1 is 1.44 bits per heavy atom. The van der Waals surface area contributed by atoms with Crippen molar-refractivity contribution < 1.29 is 13.2 Å². The molecule has 7 nitrogen and oxygen atoms in total. The number of aromatic nitrogens is 2. The van der Waals surface area contributed by atoms with Gasteiger partial charge in [0.2, 0.25) is 5.75 Å². The molecule has 0 bridgehead atoms. The van der Waals surface area contributed by atoms with E-state index in [-0.39, 0.29) is 5.75 Å². The van der Waals surface area contributed by atoms with Crippen LogP contribution < -0.4 is 15.0 Å². The lowest BCUT2D eigenvalue weighted by atomic mass is 10.4. The second-order valence-corrected chi connectivity index (χ2v) is 6.14. The predicted octanol–water partition coefficient (Wildman–Crippen LogP) is 0.00770. The molecule has 0 radical (unpaired) electrons. The van der Waals surface area contributed by atoms with Crippen molar-refractivity contribution in [1.29, 1.82) is 0 Å². The van der Waals surface area contributed by atoms with Crippen LogP contribution in [0.4, 0.5) is 11.6 Å². The molecular weight excluding hydrogens is 256 g/mol. The summed E-state index contributed by atoms with van der Waals surface area (Å²) in [5.74, 6) is 1.68. The molecule has 0 atom stereocenters. The van der Waals surface area contributed by atoms with E-state index in [1.807, 2.05) is 0 Å². The predicted molar refractivity (Wildman–Crippen MR) is 71.1 cm³/mol. The zero-order chi connectivity index (χ0) is 13.8. The third-order valence-corrected chi connectivity index (χ3v) is 3.31. The number of sulfone groups is 1. The maximum atomic E-state index is 11.1. The van der Waals surface area contributed by atoms with Crippen LogP contribution in [0.2, 0.25) is 0 Å². The highest BCUT2D eigenvalue weighted by atomic mass is 32.2. The topological polar surface area (TPSA) is 84.4 Å². The first-order chi connectivity index (χ1) is 8.39. The summed E-state index contributed by atoms with van der Waals surface area (Å²) in [4.78, 5) is 9.87. The summed E-state index contributed by atoms with van der Waals surface area (Å²) in [5, 5.41) is 2.89. The van der Waals surface area contributed by atoms with Crippen molar-refractivity contribution in [3.05, 3.63) is 6.33 Å². The van der Waals surface area contributed by atoms with Crippen LogP contribution in [0.1, 0.15) is 0 Å². The van der Waals surface area contributed by atoms with Gasteiger partial charge >= 0.3 is 0 Å². The second-order valence-electron chi connectivity index (χ2n) is 3.88. The van der Waals surface area contributed by atoms with Crippen molar-refractivity contribution >= 4 is 21.5 Å². The Morgan fingerprint density at radius 2 is 2.11 bits per heavy atom. The summed E-state index contributed by atoms with van der Waals surface area (Å²) in [6.45, 7) is 0.343. The van der Waals surface area contributed by atoms with Crippen LogP contribution in [-0.2, 0) is 9.84 Å². The average Bonchev–Trinajstić information content (AvgIpc) is 2.33. The minimum absolute atomic E-state index is 0.0611. The number of nitrogens with zero attached hydrogens (tertiary/aromatic N) is 3. The minimum atomic E-state index is -3.00. The van der Waals surface area contributed by atoms with Gasteiger partial charge in [0.15, 0.2) is 11.6 Å². The van der Waals surface area contributed by atoms with Gasteiger partial charge in [0.1, 0.15) is 16.2 Å². The summed E-state index contributed by atoms with van der Waals surface area (Å²) in [6, 6.07) is 0. The summed E-state index contributed by atoms with van der Waals surface area (Å²) in [5.41, 5.74) is 0. The molecule has 0 aliphatic heterocycles. The highest BCUT2D eigenvalue weighted by Crippen LogP contribution is 2.30. The van der Waals surface area contributed by atoms with Crippen LogP contribution in [0.3, 0.4) is 0 Å². The fourth-order valence-corrected chi connectivity index (χ4v) is 2.02. The van der Waals surface area contributed by atoms with Crippen molar-refractivity contribution in [3.63, 3.8) is 0 Å². The molecule has 0 saturated carbocycles. The lowest BCUT2D eigenvalue weighted by molar-refractivity contribution is 0.413. The minimum Gasteiger partial charge on any atom is -0.490 e. The van der Waals surface area contributed by atoms with Gasteiger partial charge in [-0.05, 0) is 0 Å². The van der Waals surface area contributed by atoms with Crippen LogP contribution in [0.15, 0.2) is 6.33 Å². The standard InChI is InChI=1S/C10H18N4O3S/c1-11-9-8(17-3)10(13-7-12-9)14(2)5-6-18(4,15)16/h7H,5-6H2,1-4H3,(H,11,12,13). The molecular formula is C10H18N4O3S. The molecule has 1 N–H and O–H groups in total. The van der Waals surface area contributed by atoms with Crippen LogP contribution >= 0.6 is 0 Å². The van der Waals surface area contributed by atoms with E-state index in [0.717, 1.165) is 0 Å². The summed E-state index contributed by atoms with van der Waals surface area (Å²) in [6.07, 6.45) is 2.61. The molecule has 1 heterocycles. The molecule has 0 aliphatic rings. The van der Waals surface area contributed by atoms with Crippen molar-refractivity contribution in [1.82, 2.24) is 9.97 Å². The van der Waals surface area contributed by atoms with E-state index in [1.165, 1.54) is 19.7 Å². The van der Waals surface area contributed by atoms with Gasteiger partial charge in [-0.2, -0.15) is 0 Å². The number of methoxy groups -OCH3 is 1. The van der Waals surface area contributed by atoms with Gasteiger partial charge in [-0.15, -0.1) is 0 Å². The Hall–Kier alpha value is -1.57. The lowest BCUT2D eigenvalue weighted by Crippen LogP contribution is -2.26. The molecule has 1 rings (SSSR count). The molecule has 0 amide bonds. The molecule has 0 aromatic carbocycles. The number of ether oxygens (including phenoxy) is 1. The van der Waals surface area contributed by atoms with Gasteiger partial charge in [0, 0.05) is 26.9 Å². The van der Waals surface area contributed by atoms with E-state index in [2.05, 4.69) is 15.3 Å². The Kier molecular flexibility index (Phi) is 4.71. The monoisotopic (exact) mass is 274 g/mol. The van der Waals surface area contributed by atoms with E-state index in [0.29, 0.717) is 23.9 Å². The Morgan fingerprint density at radius 3 is 2.61 bits per heavy atom. The molecule has 0 fully saturated rings. The van der Waals surface area contributed by atoms with Crippen LogP contribution in [0.5, 0.6) is 5.75 Å². The Balaban J connectivity index is 2.94. The maximum absolute atomic E-state index is 11.1. The van der Waals surface area contributed by atoms with E-state index in [1.54, 1.807) is 19.0 Å². The number of hydrogen-bond acceptors (Lipinski definition) is 7.